The van der Waals surface area contributed by atoms with Crippen LogP contribution in [0.3, 0.4) is 0 Å². The maximum Gasteiger partial charge on any atom is 0.315 e. The zero-order chi connectivity index (χ0) is 34.5. The monoisotopic (exact) mass is 650 g/mol. The number of likely N-dealkylation sites (tertiary alicyclic amines) is 1. The second kappa shape index (κ2) is 15.0. The van der Waals surface area contributed by atoms with Crippen molar-refractivity contribution in [2.24, 2.45) is 28.9 Å². The summed E-state index contributed by atoms with van der Waals surface area (Å²) in [6, 6.07) is 2.33. The number of Topliss-reactive ketones (excluding diaryl/α,β-unsaturated/α-hetero) is 1. The Bertz CT molecular complexity index is 1330. The van der Waals surface area contributed by atoms with Gasteiger partial charge in [-0.25, -0.2) is 4.79 Å². The van der Waals surface area contributed by atoms with Crippen molar-refractivity contribution < 1.29 is 24.0 Å². The molecule has 47 heavy (non-hydrogen) atoms. The van der Waals surface area contributed by atoms with Crippen LogP contribution in [-0.4, -0.2) is 69.6 Å². The number of pyridine rings is 1. The molecular formula is C36H54N6O5. The van der Waals surface area contributed by atoms with Crippen LogP contribution in [0.2, 0.25) is 0 Å². The average Bonchev–Trinajstić information content (AvgIpc) is 3.34. The lowest BCUT2D eigenvalue weighted by molar-refractivity contribution is -0.144. The van der Waals surface area contributed by atoms with E-state index in [4.69, 9.17) is 5.73 Å². The normalized spacial score (nSPS) is 22.6. The van der Waals surface area contributed by atoms with Gasteiger partial charge in [-0.2, -0.15) is 0 Å². The highest BCUT2D eigenvalue weighted by atomic mass is 16.2. The fourth-order valence-electron chi connectivity index (χ4n) is 7.56. The van der Waals surface area contributed by atoms with Gasteiger partial charge in [-0.3, -0.25) is 24.2 Å². The maximum absolute atomic E-state index is 14.5. The molecule has 0 aromatic carbocycles. The second-order valence-corrected chi connectivity index (χ2v) is 15.4. The summed E-state index contributed by atoms with van der Waals surface area (Å²) in [5, 5.41) is 9.03. The zero-order valence-electron chi connectivity index (χ0n) is 28.8. The number of carbonyl (C=O) groups excluding carboxylic acids is 5. The number of hydrogen-bond donors (Lipinski definition) is 4. The Labute approximate surface area is 279 Å². The molecule has 0 spiro atoms. The molecule has 1 aromatic rings. The van der Waals surface area contributed by atoms with E-state index in [0.29, 0.717) is 12.8 Å². The summed E-state index contributed by atoms with van der Waals surface area (Å²) >= 11 is 0. The molecule has 11 heteroatoms. The van der Waals surface area contributed by atoms with E-state index in [1.165, 1.54) is 4.90 Å². The van der Waals surface area contributed by atoms with Gasteiger partial charge >= 0.3 is 6.03 Å². The third-order valence-corrected chi connectivity index (χ3v) is 10.3. The van der Waals surface area contributed by atoms with Crippen LogP contribution in [0, 0.1) is 23.2 Å². The average molecular weight is 651 g/mol. The summed E-state index contributed by atoms with van der Waals surface area (Å²) in [6.45, 7) is 13.9. The Kier molecular flexibility index (Phi) is 11.5. The summed E-state index contributed by atoms with van der Waals surface area (Å²) in [5.41, 5.74) is 5.78. The molecule has 3 fully saturated rings. The van der Waals surface area contributed by atoms with Gasteiger partial charge in [-0.05, 0) is 48.6 Å². The number of rotatable bonds is 12. The van der Waals surface area contributed by atoms with Gasteiger partial charge in [0, 0.05) is 36.3 Å². The van der Waals surface area contributed by atoms with Crippen LogP contribution >= 0.6 is 0 Å². The Morgan fingerprint density at radius 3 is 2.26 bits per heavy atom. The highest BCUT2D eigenvalue weighted by molar-refractivity contribution is 6.37. The van der Waals surface area contributed by atoms with Crippen molar-refractivity contribution in [1.29, 1.82) is 0 Å². The predicted octanol–water partition coefficient (Wildman–Crippen LogP) is 3.81. The fraction of sp³-hybridized carbons (Fsp3) is 0.667. The number of nitrogens with two attached hydrogens (primary N) is 1. The molecule has 4 atom stereocenters. The van der Waals surface area contributed by atoms with Gasteiger partial charge in [0.15, 0.2) is 0 Å². The number of primary amides is 1. The number of aromatic nitrogens is 1. The molecule has 2 heterocycles. The molecule has 0 radical (unpaired) electrons. The molecule has 5 amide bonds. The minimum absolute atomic E-state index is 0.0462. The lowest BCUT2D eigenvalue weighted by atomic mass is 9.78. The van der Waals surface area contributed by atoms with Crippen molar-refractivity contribution in [3.63, 3.8) is 0 Å². The predicted molar refractivity (Wildman–Crippen MR) is 180 cm³/mol. The number of hydrogen-bond acceptors (Lipinski definition) is 6. The number of carbonyl (C=O) groups is 5. The molecule has 258 valence electrons. The van der Waals surface area contributed by atoms with Crippen molar-refractivity contribution in [3.05, 3.63) is 42.2 Å². The van der Waals surface area contributed by atoms with Gasteiger partial charge < -0.3 is 26.6 Å². The lowest BCUT2D eigenvalue weighted by Gasteiger charge is -2.40. The second-order valence-electron chi connectivity index (χ2n) is 15.4. The van der Waals surface area contributed by atoms with Crippen LogP contribution in [0.1, 0.15) is 98.1 Å². The van der Waals surface area contributed by atoms with Crippen LogP contribution in [0.15, 0.2) is 36.5 Å². The van der Waals surface area contributed by atoms with E-state index in [-0.39, 0.29) is 24.3 Å². The smallest absolute Gasteiger partial charge is 0.315 e. The Hall–Kier alpha value is -3.76. The highest BCUT2D eigenvalue weighted by Crippen LogP contribution is 2.37. The van der Waals surface area contributed by atoms with Gasteiger partial charge in [-0.1, -0.05) is 91.4 Å². The standard InChI is InChI=1S/C36H54N6O5/c1-22(2)27-23(3)21-42(28(27)32(45)39-26(29(43)31(37)44)19-24-13-12-14-24)33(46)30(35(4,5)6)40-34(47)41-36(16-9-7-10-17-36)20-25-15-8-11-18-38-25/h8,11,15,18,22,24,26-28,30H,3,7,9-10,12-14,16-17,19-21H2,1-2,4-6H3,(H2,37,44)(H,39,45)(H2,40,41,47)/t26?,27-,28-,30+/m0/s1. The number of urea groups is 1. The van der Waals surface area contributed by atoms with Gasteiger partial charge in [0.25, 0.3) is 5.91 Å². The molecule has 3 aliphatic rings. The molecule has 1 saturated heterocycles. The first-order chi connectivity index (χ1) is 22.1. The van der Waals surface area contributed by atoms with Crippen molar-refractivity contribution in [2.75, 3.05) is 6.54 Å². The molecule has 5 N–H and O–H groups in total. The number of nitrogens with one attached hydrogen (secondary N) is 3. The molecule has 11 nitrogen and oxygen atoms in total. The first kappa shape index (κ1) is 36.1. The van der Waals surface area contributed by atoms with E-state index in [1.54, 1.807) is 6.20 Å². The Balaban J connectivity index is 1.57. The molecule has 4 rings (SSSR count). The maximum atomic E-state index is 14.5. The van der Waals surface area contributed by atoms with Gasteiger partial charge in [0.2, 0.25) is 17.6 Å². The Morgan fingerprint density at radius 2 is 1.72 bits per heavy atom. The van der Waals surface area contributed by atoms with Crippen LogP contribution < -0.4 is 21.7 Å². The van der Waals surface area contributed by atoms with Crippen LogP contribution in [0.5, 0.6) is 0 Å². The third-order valence-electron chi connectivity index (χ3n) is 10.3. The summed E-state index contributed by atoms with van der Waals surface area (Å²) in [7, 11) is 0. The quantitative estimate of drug-likeness (QED) is 0.199. The van der Waals surface area contributed by atoms with Crippen molar-refractivity contribution in [1.82, 2.24) is 25.8 Å². The third kappa shape index (κ3) is 8.78. The molecule has 2 saturated carbocycles. The van der Waals surface area contributed by atoms with Gasteiger partial charge in [-0.15, -0.1) is 0 Å². The first-order valence-electron chi connectivity index (χ1n) is 17.2. The molecule has 2 aliphatic carbocycles. The van der Waals surface area contributed by atoms with E-state index in [1.807, 2.05) is 52.8 Å². The van der Waals surface area contributed by atoms with Gasteiger partial charge in [0.1, 0.15) is 12.1 Å². The highest BCUT2D eigenvalue weighted by Gasteiger charge is 2.49. The summed E-state index contributed by atoms with van der Waals surface area (Å²) in [5.74, 6) is -3.08. The molecule has 1 aliphatic heterocycles. The topological polar surface area (TPSA) is 164 Å². The Morgan fingerprint density at radius 1 is 1.04 bits per heavy atom. The molecule has 1 aromatic heterocycles. The first-order valence-corrected chi connectivity index (χ1v) is 17.2. The van der Waals surface area contributed by atoms with Gasteiger partial charge in [0.05, 0.1) is 6.04 Å². The van der Waals surface area contributed by atoms with E-state index in [2.05, 4.69) is 27.5 Å². The van der Waals surface area contributed by atoms with E-state index >= 15 is 0 Å². The number of ketones is 1. The summed E-state index contributed by atoms with van der Waals surface area (Å²) < 4.78 is 0. The number of amides is 5. The van der Waals surface area contributed by atoms with Crippen molar-refractivity contribution in [3.8, 4) is 0 Å². The summed E-state index contributed by atoms with van der Waals surface area (Å²) in [6.07, 6.45) is 10.2. The fourth-order valence-corrected chi connectivity index (χ4v) is 7.56. The minimum atomic E-state index is -1.10. The number of nitrogens with zero attached hydrogens (tertiary/aromatic N) is 2. The van der Waals surface area contributed by atoms with E-state index in [9.17, 15) is 24.0 Å². The van der Waals surface area contributed by atoms with E-state index < -0.39 is 58.6 Å². The van der Waals surface area contributed by atoms with Crippen LogP contribution in [0.4, 0.5) is 4.79 Å². The summed E-state index contributed by atoms with van der Waals surface area (Å²) in [4.78, 5) is 73.0. The van der Waals surface area contributed by atoms with E-state index in [0.717, 1.165) is 62.6 Å². The lowest BCUT2D eigenvalue weighted by Crippen LogP contribution is -2.63. The van der Waals surface area contributed by atoms with Crippen LogP contribution in [-0.2, 0) is 25.6 Å². The molecule has 0 bridgehead atoms. The van der Waals surface area contributed by atoms with Crippen molar-refractivity contribution >= 4 is 29.5 Å². The zero-order valence-corrected chi connectivity index (χ0v) is 28.8. The minimum Gasteiger partial charge on any atom is -0.363 e. The van der Waals surface area contributed by atoms with Crippen LogP contribution in [0.25, 0.3) is 0 Å². The molecular weight excluding hydrogens is 596 g/mol. The molecule has 1 unspecified atom stereocenters. The largest absolute Gasteiger partial charge is 0.363 e. The van der Waals surface area contributed by atoms with Crippen molar-refractivity contribution in [2.45, 2.75) is 122 Å². The SMILES string of the molecule is C=C1CN(C(=O)[C@@H](NC(=O)NC2(Cc3ccccn3)CCCCC2)C(C)(C)C)[C@H](C(=O)NC(CC2CCC2)C(=O)C(N)=O)[C@H]1C(C)C.